The van der Waals surface area contributed by atoms with Crippen molar-refractivity contribution < 1.29 is 4.74 Å². The van der Waals surface area contributed by atoms with Gasteiger partial charge < -0.3 is 10.1 Å². The molecule has 1 heterocycles. The summed E-state index contributed by atoms with van der Waals surface area (Å²) in [4.78, 5) is 4.08. The molecule has 1 aliphatic rings. The minimum Gasteiger partial charge on any atom is -0.496 e. The molecule has 20 heavy (non-hydrogen) atoms. The van der Waals surface area contributed by atoms with Gasteiger partial charge in [-0.15, -0.1) is 0 Å². The molecule has 0 amide bonds. The third-order valence-electron chi connectivity index (χ3n) is 3.82. The van der Waals surface area contributed by atoms with Crippen molar-refractivity contribution in [2.24, 2.45) is 0 Å². The van der Waals surface area contributed by atoms with Crippen molar-refractivity contribution in [3.05, 3.63) is 53.3 Å². The maximum Gasteiger partial charge on any atom is 0.129 e. The van der Waals surface area contributed by atoms with Crippen LogP contribution < -0.4 is 10.1 Å². The number of aromatic nitrogens is 1. The van der Waals surface area contributed by atoms with E-state index >= 15 is 0 Å². The van der Waals surface area contributed by atoms with E-state index in [1.165, 1.54) is 5.56 Å². The zero-order chi connectivity index (χ0) is 13.9. The fourth-order valence-corrected chi connectivity index (χ4v) is 2.80. The van der Waals surface area contributed by atoms with Gasteiger partial charge in [-0.25, -0.2) is 4.98 Å². The number of benzene rings is 1. The molecule has 2 aromatic rings. The number of hydrogen-bond donors (Lipinski definition) is 1. The van der Waals surface area contributed by atoms with E-state index in [0.717, 1.165) is 24.3 Å². The largest absolute Gasteiger partial charge is 0.496 e. The number of halogens is 1. The molecular weight excluding hydrogens is 272 g/mol. The topological polar surface area (TPSA) is 34.1 Å². The highest BCUT2D eigenvalue weighted by Crippen LogP contribution is 2.42. The molecule has 0 atom stereocenters. The lowest BCUT2D eigenvalue weighted by Crippen LogP contribution is -2.34. The van der Waals surface area contributed by atoms with Gasteiger partial charge in [-0.2, -0.15) is 0 Å². The first kappa shape index (κ1) is 13.3. The van der Waals surface area contributed by atoms with Gasteiger partial charge in [0.05, 0.1) is 19.0 Å². The average molecular weight is 289 g/mol. The van der Waals surface area contributed by atoms with Crippen molar-refractivity contribution >= 4 is 17.3 Å². The second kappa shape index (κ2) is 5.71. The summed E-state index contributed by atoms with van der Waals surface area (Å²) in [5.41, 5.74) is 2.33. The van der Waals surface area contributed by atoms with Crippen molar-refractivity contribution in [1.29, 1.82) is 0 Å². The number of anilines is 1. The van der Waals surface area contributed by atoms with Gasteiger partial charge in [0.25, 0.3) is 0 Å². The molecule has 0 unspecified atom stereocenters. The lowest BCUT2D eigenvalue weighted by Gasteiger charge is -2.37. The number of methoxy groups -OCH3 is 1. The second-order valence-corrected chi connectivity index (χ2v) is 5.51. The van der Waals surface area contributed by atoms with Crippen molar-refractivity contribution in [3.63, 3.8) is 0 Å². The number of para-hydroxylation sites is 1. The van der Waals surface area contributed by atoms with E-state index in [-0.39, 0.29) is 0 Å². The summed E-state index contributed by atoms with van der Waals surface area (Å²) in [6.07, 6.45) is 4.00. The van der Waals surface area contributed by atoms with Crippen LogP contribution in [0.5, 0.6) is 5.75 Å². The second-order valence-electron chi connectivity index (χ2n) is 5.12. The third kappa shape index (κ3) is 2.73. The van der Waals surface area contributed by atoms with Crippen LogP contribution in [0.3, 0.4) is 0 Å². The van der Waals surface area contributed by atoms with Crippen LogP contribution in [0.1, 0.15) is 24.3 Å². The maximum atomic E-state index is 5.78. The molecule has 1 N–H and O–H groups in total. The Labute approximate surface area is 123 Å². The molecule has 0 bridgehead atoms. The van der Waals surface area contributed by atoms with Gasteiger partial charge in [-0.3, -0.25) is 0 Å². The van der Waals surface area contributed by atoms with Crippen LogP contribution in [0.15, 0.2) is 42.6 Å². The minimum absolute atomic E-state index is 0.493. The summed E-state index contributed by atoms with van der Waals surface area (Å²) in [7, 11) is 1.73. The van der Waals surface area contributed by atoms with Crippen LogP contribution in [0, 0.1) is 0 Å². The summed E-state index contributed by atoms with van der Waals surface area (Å²) >= 11 is 5.78. The lowest BCUT2D eigenvalue weighted by molar-refractivity contribution is 0.349. The Morgan fingerprint density at radius 2 is 2.00 bits per heavy atom. The van der Waals surface area contributed by atoms with E-state index in [0.29, 0.717) is 17.1 Å². The van der Waals surface area contributed by atoms with E-state index < -0.39 is 0 Å². The molecule has 0 aliphatic heterocycles. The van der Waals surface area contributed by atoms with Crippen LogP contribution in [0.25, 0.3) is 0 Å². The summed E-state index contributed by atoms with van der Waals surface area (Å²) in [5.74, 6) is 1.56. The summed E-state index contributed by atoms with van der Waals surface area (Å²) in [6, 6.07) is 12.5. The van der Waals surface area contributed by atoms with E-state index in [1.807, 2.05) is 18.2 Å². The van der Waals surface area contributed by atoms with Gasteiger partial charge >= 0.3 is 0 Å². The fraction of sp³-hybridized carbons (Fsp3) is 0.312. The van der Waals surface area contributed by atoms with Crippen LogP contribution >= 0.6 is 11.6 Å². The van der Waals surface area contributed by atoms with E-state index in [9.17, 15) is 0 Å². The Bertz CT molecular complexity index is 579. The zero-order valence-electron chi connectivity index (χ0n) is 11.3. The van der Waals surface area contributed by atoms with Gasteiger partial charge in [-0.05, 0) is 42.5 Å². The number of pyridine rings is 1. The van der Waals surface area contributed by atoms with Crippen molar-refractivity contribution in [1.82, 2.24) is 4.98 Å². The smallest absolute Gasteiger partial charge is 0.129 e. The van der Waals surface area contributed by atoms with Crippen LogP contribution in [-0.4, -0.2) is 18.1 Å². The average Bonchev–Trinajstić information content (AvgIpc) is 2.44. The highest BCUT2D eigenvalue weighted by Gasteiger charge is 2.31. The summed E-state index contributed by atoms with van der Waals surface area (Å²) in [5, 5.41) is 4.00. The summed E-state index contributed by atoms with van der Waals surface area (Å²) in [6.45, 7) is 0. The Hall–Kier alpha value is -1.74. The first-order valence-corrected chi connectivity index (χ1v) is 7.15. The molecule has 1 aliphatic carbocycles. The molecule has 4 heteroatoms. The van der Waals surface area contributed by atoms with Gasteiger partial charge in [-0.1, -0.05) is 29.8 Å². The minimum atomic E-state index is 0.493. The van der Waals surface area contributed by atoms with Gasteiger partial charge in [0.15, 0.2) is 0 Å². The number of nitrogens with zero attached hydrogens (tertiary/aromatic N) is 1. The number of hydrogen-bond acceptors (Lipinski definition) is 3. The molecule has 0 saturated heterocycles. The molecule has 1 fully saturated rings. The van der Waals surface area contributed by atoms with Gasteiger partial charge in [0.2, 0.25) is 0 Å². The molecule has 0 radical (unpaired) electrons. The standard InChI is InChI=1S/C16H17ClN2O/c1-20-15-5-3-2-4-14(15)11-8-13(9-11)19-12-6-7-16(17)18-10-12/h2-7,10-11,13,19H,8-9H2,1H3. The highest BCUT2D eigenvalue weighted by atomic mass is 35.5. The van der Waals surface area contributed by atoms with E-state index in [1.54, 1.807) is 19.4 Å². The molecule has 3 nitrogen and oxygen atoms in total. The maximum absolute atomic E-state index is 5.78. The number of nitrogens with one attached hydrogen (secondary N) is 1. The zero-order valence-corrected chi connectivity index (χ0v) is 12.1. The van der Waals surface area contributed by atoms with Crippen molar-refractivity contribution in [3.8, 4) is 5.75 Å². The molecule has 0 spiro atoms. The lowest BCUT2D eigenvalue weighted by atomic mass is 9.75. The highest BCUT2D eigenvalue weighted by molar-refractivity contribution is 6.29. The molecular formula is C16H17ClN2O. The van der Waals surface area contributed by atoms with Crippen LogP contribution in [0.4, 0.5) is 5.69 Å². The first-order chi connectivity index (χ1) is 9.76. The normalized spacial score (nSPS) is 21.1. The van der Waals surface area contributed by atoms with Crippen molar-refractivity contribution in [2.75, 3.05) is 12.4 Å². The molecule has 3 rings (SSSR count). The SMILES string of the molecule is COc1ccccc1C1CC(Nc2ccc(Cl)nc2)C1. The Kier molecular flexibility index (Phi) is 3.79. The molecule has 104 valence electrons. The van der Waals surface area contributed by atoms with Crippen LogP contribution in [-0.2, 0) is 0 Å². The molecule has 1 saturated carbocycles. The van der Waals surface area contributed by atoms with Crippen molar-refractivity contribution in [2.45, 2.75) is 24.8 Å². The van der Waals surface area contributed by atoms with E-state index in [4.69, 9.17) is 16.3 Å². The quantitative estimate of drug-likeness (QED) is 0.860. The number of rotatable bonds is 4. The predicted octanol–water partition coefficient (Wildman–Crippen LogP) is 4.10. The molecule has 1 aromatic carbocycles. The van der Waals surface area contributed by atoms with Gasteiger partial charge in [0.1, 0.15) is 10.9 Å². The van der Waals surface area contributed by atoms with E-state index in [2.05, 4.69) is 22.4 Å². The molecule has 1 aromatic heterocycles. The number of ether oxygens (including phenoxy) is 1. The Morgan fingerprint density at radius 1 is 1.20 bits per heavy atom. The predicted molar refractivity (Wildman–Crippen MR) is 81.6 cm³/mol. The fourth-order valence-electron chi connectivity index (χ4n) is 2.69. The third-order valence-corrected chi connectivity index (χ3v) is 4.04. The van der Waals surface area contributed by atoms with Crippen LogP contribution in [0.2, 0.25) is 5.15 Å². The Balaban J connectivity index is 1.60. The first-order valence-electron chi connectivity index (χ1n) is 6.77. The Morgan fingerprint density at radius 3 is 2.70 bits per heavy atom. The monoisotopic (exact) mass is 288 g/mol. The summed E-state index contributed by atoms with van der Waals surface area (Å²) < 4.78 is 5.42. The van der Waals surface area contributed by atoms with Gasteiger partial charge in [0, 0.05) is 6.04 Å².